The van der Waals surface area contributed by atoms with Crippen molar-refractivity contribution in [3.8, 4) is 0 Å². The highest BCUT2D eigenvalue weighted by Gasteiger charge is 2.55. The van der Waals surface area contributed by atoms with Crippen LogP contribution in [-0.2, 0) is 9.59 Å². The molecule has 1 unspecified atom stereocenters. The SMILES string of the molecule is CC(C)C(C(=O)O)(C(C)C)C(C(=O)S)c1nc2ccccc2s1. The summed E-state index contributed by atoms with van der Waals surface area (Å²) in [5.41, 5.74) is -0.467. The molecule has 0 aliphatic heterocycles. The van der Waals surface area contributed by atoms with Crippen molar-refractivity contribution in [2.75, 3.05) is 0 Å². The van der Waals surface area contributed by atoms with Gasteiger partial charge in [0, 0.05) is 0 Å². The number of hydrogen-bond donors (Lipinski definition) is 2. The molecule has 0 saturated heterocycles. The number of para-hydroxylation sites is 1. The first kappa shape index (κ1) is 17.9. The summed E-state index contributed by atoms with van der Waals surface area (Å²) in [7, 11) is 0. The molecule has 0 bridgehead atoms. The van der Waals surface area contributed by atoms with E-state index >= 15 is 0 Å². The zero-order valence-corrected chi connectivity index (χ0v) is 15.3. The highest BCUT2D eigenvalue weighted by Crippen LogP contribution is 2.50. The molecule has 0 amide bonds. The Morgan fingerprint density at radius 3 is 2.17 bits per heavy atom. The van der Waals surface area contributed by atoms with Crippen molar-refractivity contribution in [1.29, 1.82) is 0 Å². The van der Waals surface area contributed by atoms with E-state index in [1.807, 2.05) is 52.0 Å². The van der Waals surface area contributed by atoms with Crippen molar-refractivity contribution >= 4 is 45.3 Å². The van der Waals surface area contributed by atoms with Gasteiger partial charge in [-0.1, -0.05) is 39.8 Å². The smallest absolute Gasteiger partial charge is 0.311 e. The van der Waals surface area contributed by atoms with E-state index < -0.39 is 22.4 Å². The average Bonchev–Trinajstić information content (AvgIpc) is 2.85. The zero-order valence-electron chi connectivity index (χ0n) is 13.6. The third kappa shape index (κ3) is 2.90. The Labute approximate surface area is 145 Å². The van der Waals surface area contributed by atoms with Crippen LogP contribution in [0.4, 0.5) is 0 Å². The normalized spacial score (nSPS) is 13.7. The van der Waals surface area contributed by atoms with Crippen molar-refractivity contribution in [3.63, 3.8) is 0 Å². The molecule has 6 heteroatoms. The van der Waals surface area contributed by atoms with Crippen LogP contribution in [-0.4, -0.2) is 21.2 Å². The summed E-state index contributed by atoms with van der Waals surface area (Å²) >= 11 is 5.40. The topological polar surface area (TPSA) is 67.3 Å². The number of benzene rings is 1. The fourth-order valence-electron chi connectivity index (χ4n) is 3.48. The summed E-state index contributed by atoms with van der Waals surface area (Å²) in [6.07, 6.45) is 0. The van der Waals surface area contributed by atoms with E-state index in [-0.39, 0.29) is 11.8 Å². The maximum atomic E-state index is 12.3. The van der Waals surface area contributed by atoms with Crippen LogP contribution >= 0.6 is 24.0 Å². The van der Waals surface area contributed by atoms with Crippen molar-refractivity contribution in [2.24, 2.45) is 17.3 Å². The molecule has 4 nitrogen and oxygen atoms in total. The van der Waals surface area contributed by atoms with Gasteiger partial charge >= 0.3 is 5.97 Å². The quantitative estimate of drug-likeness (QED) is 0.765. The average molecular weight is 351 g/mol. The molecule has 0 fully saturated rings. The second kappa shape index (κ2) is 6.61. The van der Waals surface area contributed by atoms with E-state index in [1.54, 1.807) is 0 Å². The van der Waals surface area contributed by atoms with Gasteiger partial charge in [-0.15, -0.1) is 24.0 Å². The van der Waals surface area contributed by atoms with Crippen LogP contribution in [0.25, 0.3) is 10.2 Å². The number of rotatable bonds is 6. The van der Waals surface area contributed by atoms with Gasteiger partial charge in [-0.05, 0) is 24.0 Å². The van der Waals surface area contributed by atoms with Gasteiger partial charge in [0.1, 0.15) is 5.01 Å². The summed E-state index contributed by atoms with van der Waals surface area (Å²) in [6.45, 7) is 7.35. The first-order valence-electron chi connectivity index (χ1n) is 7.54. The largest absolute Gasteiger partial charge is 0.481 e. The standard InChI is InChI=1S/C17H21NO3S2/c1-9(2)17(10(3)4,16(20)21)13(15(19)22)14-18-11-7-5-6-8-12(11)23-14/h5-10,13H,1-4H3,(H,19,22)(H,20,21). The van der Waals surface area contributed by atoms with E-state index in [4.69, 9.17) is 0 Å². The van der Waals surface area contributed by atoms with Crippen LogP contribution in [0.1, 0.15) is 38.6 Å². The fourth-order valence-corrected chi connectivity index (χ4v) is 5.06. The lowest BCUT2D eigenvalue weighted by atomic mass is 9.61. The third-order valence-electron chi connectivity index (χ3n) is 4.56. The van der Waals surface area contributed by atoms with Gasteiger partial charge in [-0.3, -0.25) is 9.59 Å². The Bertz CT molecular complexity index is 695. The number of thiazole rings is 1. The van der Waals surface area contributed by atoms with E-state index in [2.05, 4.69) is 17.6 Å². The molecule has 2 aromatic rings. The van der Waals surface area contributed by atoms with Gasteiger partial charge in [0.25, 0.3) is 0 Å². The van der Waals surface area contributed by atoms with E-state index in [0.717, 1.165) is 10.2 Å². The molecule has 2 rings (SSSR count). The van der Waals surface area contributed by atoms with E-state index in [9.17, 15) is 14.7 Å². The number of thiol groups is 1. The minimum Gasteiger partial charge on any atom is -0.481 e. The number of carbonyl (C=O) groups excluding carboxylic acids is 1. The Morgan fingerprint density at radius 1 is 1.17 bits per heavy atom. The van der Waals surface area contributed by atoms with Gasteiger partial charge < -0.3 is 5.11 Å². The number of hydrogen-bond acceptors (Lipinski definition) is 4. The number of aromatic nitrogens is 1. The Balaban J connectivity index is 2.72. The number of carbonyl (C=O) groups is 2. The monoisotopic (exact) mass is 351 g/mol. The number of nitrogens with zero attached hydrogens (tertiary/aromatic N) is 1. The Kier molecular flexibility index (Phi) is 5.16. The molecule has 0 radical (unpaired) electrons. The van der Waals surface area contributed by atoms with Crippen LogP contribution in [0.15, 0.2) is 24.3 Å². The second-order valence-electron chi connectivity index (χ2n) is 6.34. The number of aliphatic carboxylic acids is 1. The van der Waals surface area contributed by atoms with Gasteiger partial charge in [0.2, 0.25) is 0 Å². The summed E-state index contributed by atoms with van der Waals surface area (Å²) in [6, 6.07) is 7.56. The lowest BCUT2D eigenvalue weighted by Gasteiger charge is -2.41. The van der Waals surface area contributed by atoms with Crippen molar-refractivity contribution in [1.82, 2.24) is 4.98 Å². The molecule has 0 saturated carbocycles. The zero-order chi connectivity index (χ0) is 17.4. The molecule has 0 aliphatic carbocycles. The Hall–Kier alpha value is -1.40. The third-order valence-corrected chi connectivity index (χ3v) is 5.92. The van der Waals surface area contributed by atoms with Crippen LogP contribution < -0.4 is 0 Å². The molecule has 0 spiro atoms. The summed E-state index contributed by atoms with van der Waals surface area (Å²) in [4.78, 5) is 29.1. The van der Waals surface area contributed by atoms with Crippen LogP contribution in [0.2, 0.25) is 0 Å². The Morgan fingerprint density at radius 2 is 1.74 bits per heavy atom. The maximum absolute atomic E-state index is 12.3. The van der Waals surface area contributed by atoms with Crippen LogP contribution in [0.3, 0.4) is 0 Å². The molecule has 1 aromatic heterocycles. The van der Waals surface area contributed by atoms with Crippen molar-refractivity contribution in [2.45, 2.75) is 33.6 Å². The first-order chi connectivity index (χ1) is 10.7. The fraction of sp³-hybridized carbons (Fsp3) is 0.471. The van der Waals surface area contributed by atoms with Crippen molar-refractivity contribution in [3.05, 3.63) is 29.3 Å². The lowest BCUT2D eigenvalue weighted by molar-refractivity contribution is -0.159. The van der Waals surface area contributed by atoms with Crippen molar-refractivity contribution < 1.29 is 14.7 Å². The van der Waals surface area contributed by atoms with Gasteiger partial charge in [-0.25, -0.2) is 4.98 Å². The summed E-state index contributed by atoms with van der Waals surface area (Å²) in [5.74, 6) is -2.34. The minimum absolute atomic E-state index is 0.242. The molecule has 1 aromatic carbocycles. The number of fused-ring (bicyclic) bond motifs is 1. The first-order valence-corrected chi connectivity index (χ1v) is 8.80. The highest BCUT2D eigenvalue weighted by atomic mass is 32.1. The number of carboxylic acids is 1. The van der Waals surface area contributed by atoms with E-state index in [0.29, 0.717) is 5.01 Å². The molecule has 1 N–H and O–H groups in total. The molecule has 124 valence electrons. The molecule has 23 heavy (non-hydrogen) atoms. The summed E-state index contributed by atoms with van der Waals surface area (Å²) in [5, 5.41) is 10.1. The van der Waals surface area contributed by atoms with Gasteiger partial charge in [0.05, 0.1) is 21.5 Å². The lowest BCUT2D eigenvalue weighted by Crippen LogP contribution is -2.48. The molecular weight excluding hydrogens is 330 g/mol. The minimum atomic E-state index is -1.24. The highest BCUT2D eigenvalue weighted by molar-refractivity contribution is 7.96. The second-order valence-corrected chi connectivity index (χ2v) is 7.84. The van der Waals surface area contributed by atoms with Crippen LogP contribution in [0.5, 0.6) is 0 Å². The summed E-state index contributed by atoms with van der Waals surface area (Å²) < 4.78 is 0.939. The molecule has 0 aliphatic rings. The molecular formula is C17H21NO3S2. The predicted molar refractivity (Wildman–Crippen MR) is 96.1 cm³/mol. The van der Waals surface area contributed by atoms with Gasteiger partial charge in [0.15, 0.2) is 5.12 Å². The molecule has 1 heterocycles. The van der Waals surface area contributed by atoms with Crippen LogP contribution in [0, 0.1) is 17.3 Å². The maximum Gasteiger partial charge on any atom is 0.311 e. The number of carboxylic acid groups (broad SMARTS) is 1. The predicted octanol–water partition coefficient (Wildman–Crippen LogP) is 4.22. The molecule has 1 atom stereocenters. The van der Waals surface area contributed by atoms with E-state index in [1.165, 1.54) is 11.3 Å². The van der Waals surface area contributed by atoms with Gasteiger partial charge in [-0.2, -0.15) is 0 Å².